The van der Waals surface area contributed by atoms with Crippen molar-refractivity contribution in [3.63, 3.8) is 0 Å². The molecule has 4 heteroatoms. The lowest BCUT2D eigenvalue weighted by molar-refractivity contribution is 0.169. The molecule has 0 atom stereocenters. The average molecular weight is 630 g/mol. The lowest BCUT2D eigenvalue weighted by Crippen LogP contribution is -2.09. The Morgan fingerprint density at radius 2 is 0.512 bits per heavy atom. The smallest absolute Gasteiger partial charge is 0.193 e. The fraction of sp³-hybridized carbons (Fsp3) is 1.00. The van der Waals surface area contributed by atoms with Crippen LogP contribution in [0.3, 0.4) is 0 Å². The minimum absolute atomic E-state index is 0.664. The third-order valence-corrected chi connectivity index (χ3v) is 11.2. The van der Waals surface area contributed by atoms with E-state index in [1.165, 1.54) is 193 Å². The Morgan fingerprint density at radius 3 is 0.767 bits per heavy atom. The molecule has 0 aromatic carbocycles. The lowest BCUT2D eigenvalue weighted by atomic mass is 10.1. The Labute approximate surface area is 273 Å². The molecule has 0 aromatic rings. The van der Waals surface area contributed by atoms with Gasteiger partial charge in [-0.2, -0.15) is 13.9 Å². The maximum absolute atomic E-state index is 11.3. The van der Waals surface area contributed by atoms with Gasteiger partial charge in [0, 0.05) is 0 Å². The van der Waals surface area contributed by atoms with Gasteiger partial charge < -0.3 is 0 Å². The molecular weight excluding hydrogens is 547 g/mol. The SMILES string of the molecule is CCCCCCCCCCCCCO[P+](O)(CCCCCCCCCCCCC)OCCCCCCCCCCCCC. The molecule has 1 N–H and O–H groups in total. The van der Waals surface area contributed by atoms with Crippen LogP contribution < -0.4 is 0 Å². The number of hydrogen-bond acceptors (Lipinski definition) is 3. The van der Waals surface area contributed by atoms with Crippen LogP contribution in [0, 0.1) is 0 Å². The first-order valence-corrected chi connectivity index (χ1v) is 21.8. The van der Waals surface area contributed by atoms with Crippen LogP contribution in [0.5, 0.6) is 0 Å². The molecule has 0 fully saturated rings. The fourth-order valence-corrected chi connectivity index (χ4v) is 7.87. The maximum atomic E-state index is 11.3. The highest BCUT2D eigenvalue weighted by Gasteiger charge is 2.39. The number of hydrogen-bond donors (Lipinski definition) is 1. The second-order valence-corrected chi connectivity index (χ2v) is 15.9. The molecule has 260 valence electrons. The molecule has 0 aliphatic rings. The zero-order valence-corrected chi connectivity index (χ0v) is 31.1. The van der Waals surface area contributed by atoms with Crippen molar-refractivity contribution < 1.29 is 13.9 Å². The monoisotopic (exact) mass is 630 g/mol. The van der Waals surface area contributed by atoms with Crippen molar-refractivity contribution >= 4 is 7.94 Å². The highest BCUT2D eigenvalue weighted by molar-refractivity contribution is 7.60. The molecule has 0 bridgehead atoms. The van der Waals surface area contributed by atoms with E-state index < -0.39 is 7.94 Å². The van der Waals surface area contributed by atoms with Crippen molar-refractivity contribution in [2.24, 2.45) is 0 Å². The number of unbranched alkanes of at least 4 members (excludes halogenated alkanes) is 30. The molecule has 0 saturated heterocycles. The van der Waals surface area contributed by atoms with E-state index in [0.29, 0.717) is 13.2 Å². The minimum atomic E-state index is -2.71. The fourth-order valence-electron chi connectivity index (χ4n) is 6.09. The highest BCUT2D eigenvalue weighted by Crippen LogP contribution is 2.57. The largest absolute Gasteiger partial charge is 0.408 e. The van der Waals surface area contributed by atoms with Gasteiger partial charge in [-0.3, -0.25) is 0 Å². The topological polar surface area (TPSA) is 38.7 Å². The van der Waals surface area contributed by atoms with Crippen LogP contribution >= 0.6 is 7.94 Å². The summed E-state index contributed by atoms with van der Waals surface area (Å²) in [4.78, 5) is 11.3. The molecule has 0 aliphatic heterocycles. The highest BCUT2D eigenvalue weighted by atomic mass is 31.2. The Balaban J connectivity index is 4.06. The van der Waals surface area contributed by atoms with Crippen LogP contribution in [-0.2, 0) is 9.05 Å². The summed E-state index contributed by atoms with van der Waals surface area (Å²) in [5, 5.41) is 0. The van der Waals surface area contributed by atoms with Gasteiger partial charge in [0.2, 0.25) is 0 Å². The van der Waals surface area contributed by atoms with Gasteiger partial charge in [-0.1, -0.05) is 207 Å². The Bertz CT molecular complexity index is 473. The quantitative estimate of drug-likeness (QED) is 0.0545. The molecule has 3 nitrogen and oxygen atoms in total. The Morgan fingerprint density at radius 1 is 0.302 bits per heavy atom. The third-order valence-electron chi connectivity index (χ3n) is 9.13. The van der Waals surface area contributed by atoms with Crippen molar-refractivity contribution in [3.05, 3.63) is 0 Å². The summed E-state index contributed by atoms with van der Waals surface area (Å²) in [7, 11) is -2.71. The predicted octanol–water partition coefficient (Wildman–Crippen LogP) is 14.7. The first-order valence-electron chi connectivity index (χ1n) is 20.1. The molecule has 0 aliphatic carbocycles. The minimum Gasteiger partial charge on any atom is -0.193 e. The molecule has 0 amide bonds. The van der Waals surface area contributed by atoms with Crippen LogP contribution in [0.1, 0.15) is 233 Å². The second kappa shape index (κ2) is 36.8. The lowest BCUT2D eigenvalue weighted by Gasteiger charge is -2.17. The van der Waals surface area contributed by atoms with Gasteiger partial charge in [-0.15, -0.1) is 0 Å². The van der Waals surface area contributed by atoms with Crippen molar-refractivity contribution in [2.45, 2.75) is 233 Å². The van der Waals surface area contributed by atoms with Crippen molar-refractivity contribution in [1.29, 1.82) is 0 Å². The van der Waals surface area contributed by atoms with E-state index in [1.807, 2.05) is 0 Å². The van der Waals surface area contributed by atoms with Crippen molar-refractivity contribution in [3.8, 4) is 0 Å². The van der Waals surface area contributed by atoms with Gasteiger partial charge in [-0.25, -0.2) is 0 Å². The van der Waals surface area contributed by atoms with E-state index in [9.17, 15) is 4.89 Å². The summed E-state index contributed by atoms with van der Waals surface area (Å²) >= 11 is 0. The normalized spacial score (nSPS) is 12.0. The van der Waals surface area contributed by atoms with Crippen LogP contribution in [0.2, 0.25) is 0 Å². The third kappa shape index (κ3) is 35.0. The van der Waals surface area contributed by atoms with Crippen LogP contribution in [0.25, 0.3) is 0 Å². The van der Waals surface area contributed by atoms with E-state index in [0.717, 1.165) is 25.4 Å². The van der Waals surface area contributed by atoms with Gasteiger partial charge in [0.1, 0.15) is 6.16 Å². The maximum Gasteiger partial charge on any atom is 0.408 e. The molecule has 0 unspecified atom stereocenters. The molecule has 0 rings (SSSR count). The van der Waals surface area contributed by atoms with Crippen molar-refractivity contribution in [2.75, 3.05) is 19.4 Å². The molecule has 0 heterocycles. The summed E-state index contributed by atoms with van der Waals surface area (Å²) in [6.45, 7) is 8.19. The second-order valence-electron chi connectivity index (χ2n) is 13.6. The van der Waals surface area contributed by atoms with Crippen LogP contribution in [0.4, 0.5) is 0 Å². The molecule has 0 spiro atoms. The standard InChI is InChI=1S/C39H82O3P/c1-4-7-10-13-16-19-22-25-28-31-34-37-41-43(40,39-36-33-30-27-24-21-18-15-12-9-6-3)42-38-35-32-29-26-23-20-17-14-11-8-5-2/h40H,4-39H2,1-3H3/q+1. The molecule has 0 radical (unpaired) electrons. The van der Waals surface area contributed by atoms with Gasteiger partial charge in [0.25, 0.3) is 0 Å². The molecular formula is C39H82O3P+. The first-order chi connectivity index (χ1) is 21.2. The molecule has 0 saturated carbocycles. The van der Waals surface area contributed by atoms with E-state index in [-0.39, 0.29) is 0 Å². The summed E-state index contributed by atoms with van der Waals surface area (Å²) in [6.07, 6.45) is 44.7. The van der Waals surface area contributed by atoms with E-state index in [1.54, 1.807) is 0 Å². The van der Waals surface area contributed by atoms with E-state index >= 15 is 0 Å². The zero-order chi connectivity index (χ0) is 31.4. The van der Waals surface area contributed by atoms with Crippen LogP contribution in [0.15, 0.2) is 0 Å². The zero-order valence-electron chi connectivity index (χ0n) is 30.2. The Kier molecular flexibility index (Phi) is 37.0. The predicted molar refractivity (Wildman–Crippen MR) is 195 cm³/mol. The van der Waals surface area contributed by atoms with Gasteiger partial charge in [0.15, 0.2) is 0 Å². The summed E-state index contributed by atoms with van der Waals surface area (Å²) < 4.78 is 12.3. The Hall–Kier alpha value is 0.310. The van der Waals surface area contributed by atoms with Crippen molar-refractivity contribution in [1.82, 2.24) is 0 Å². The summed E-state index contributed by atoms with van der Waals surface area (Å²) in [5.74, 6) is 0. The molecule has 43 heavy (non-hydrogen) atoms. The van der Waals surface area contributed by atoms with Gasteiger partial charge >= 0.3 is 7.94 Å². The molecule has 0 aromatic heterocycles. The number of rotatable bonds is 38. The van der Waals surface area contributed by atoms with E-state index in [4.69, 9.17) is 9.05 Å². The average Bonchev–Trinajstić information content (AvgIpc) is 3.01. The van der Waals surface area contributed by atoms with Crippen LogP contribution in [-0.4, -0.2) is 24.3 Å². The van der Waals surface area contributed by atoms with Gasteiger partial charge in [0.05, 0.1) is 13.2 Å². The van der Waals surface area contributed by atoms with Gasteiger partial charge in [-0.05, 0) is 25.7 Å². The first kappa shape index (κ1) is 43.3. The summed E-state index contributed by atoms with van der Waals surface area (Å²) in [5.41, 5.74) is 0. The van der Waals surface area contributed by atoms with E-state index in [2.05, 4.69) is 20.8 Å². The summed E-state index contributed by atoms with van der Waals surface area (Å²) in [6, 6.07) is 0.